The van der Waals surface area contributed by atoms with Crippen molar-refractivity contribution >= 4 is 5.97 Å². The van der Waals surface area contributed by atoms with E-state index in [1.54, 1.807) is 0 Å². The molecule has 0 heterocycles. The first kappa shape index (κ1) is 20.2. The second kappa shape index (κ2) is 17.3. The van der Waals surface area contributed by atoms with Gasteiger partial charge in [-0.15, -0.1) is 0 Å². The molecular formula is C19H36O2. The Balaban J connectivity index is 3.15. The molecule has 0 fully saturated rings. The number of unbranched alkanes of at least 4 members (excludes halogenated alkanes) is 9. The summed E-state index contributed by atoms with van der Waals surface area (Å²) in [6, 6.07) is 0. The van der Waals surface area contributed by atoms with Crippen LogP contribution in [-0.2, 0) is 9.53 Å². The van der Waals surface area contributed by atoms with Crippen LogP contribution in [0, 0.1) is 0 Å². The summed E-state index contributed by atoms with van der Waals surface area (Å²) >= 11 is 0. The summed E-state index contributed by atoms with van der Waals surface area (Å²) in [5, 5.41) is 0. The zero-order valence-electron chi connectivity index (χ0n) is 14.4. The molecule has 21 heavy (non-hydrogen) atoms. The van der Waals surface area contributed by atoms with Gasteiger partial charge in [0.25, 0.3) is 0 Å². The highest BCUT2D eigenvalue weighted by Gasteiger charge is 2.00. The second-order valence-electron chi connectivity index (χ2n) is 5.85. The minimum absolute atomic E-state index is 0.0251. The van der Waals surface area contributed by atoms with Gasteiger partial charge >= 0.3 is 5.97 Å². The number of carbonyl (C=O) groups excluding carboxylic acids is 1. The quantitative estimate of drug-likeness (QED) is 0.204. The molecule has 0 radical (unpaired) electrons. The van der Waals surface area contributed by atoms with E-state index in [0.29, 0.717) is 13.0 Å². The molecule has 0 saturated heterocycles. The standard InChI is InChI=1S/C19H36O2/c1-3-5-6-7-8-9-10-11-12-13-14-15-16-17-19(20)21-18-4-2/h9-10H,3-8,11-18H2,1-2H3/b10-9+. The molecule has 0 unspecified atom stereocenters. The number of carbonyl (C=O) groups is 1. The van der Waals surface area contributed by atoms with Crippen LogP contribution in [0.2, 0.25) is 0 Å². The summed E-state index contributed by atoms with van der Waals surface area (Å²) in [5.41, 5.74) is 0. The van der Waals surface area contributed by atoms with Crippen LogP contribution in [-0.4, -0.2) is 12.6 Å². The molecular weight excluding hydrogens is 260 g/mol. The number of allylic oxidation sites excluding steroid dienone is 2. The minimum atomic E-state index is -0.0251. The van der Waals surface area contributed by atoms with Crippen LogP contribution < -0.4 is 0 Å². The summed E-state index contributed by atoms with van der Waals surface area (Å²) < 4.78 is 5.05. The van der Waals surface area contributed by atoms with E-state index < -0.39 is 0 Å². The number of rotatable bonds is 15. The molecule has 0 rings (SSSR count). The van der Waals surface area contributed by atoms with E-state index in [2.05, 4.69) is 19.1 Å². The van der Waals surface area contributed by atoms with Crippen LogP contribution in [0.3, 0.4) is 0 Å². The van der Waals surface area contributed by atoms with Crippen molar-refractivity contribution in [1.82, 2.24) is 0 Å². The van der Waals surface area contributed by atoms with Gasteiger partial charge in [0.05, 0.1) is 6.61 Å². The van der Waals surface area contributed by atoms with E-state index in [1.807, 2.05) is 6.92 Å². The zero-order chi connectivity index (χ0) is 15.6. The van der Waals surface area contributed by atoms with E-state index in [0.717, 1.165) is 19.3 Å². The molecule has 0 aliphatic rings. The lowest BCUT2D eigenvalue weighted by molar-refractivity contribution is -0.143. The lowest BCUT2D eigenvalue weighted by atomic mass is 10.1. The van der Waals surface area contributed by atoms with Crippen LogP contribution >= 0.6 is 0 Å². The van der Waals surface area contributed by atoms with Gasteiger partial charge in [-0.05, 0) is 38.5 Å². The Morgan fingerprint density at radius 2 is 1.33 bits per heavy atom. The smallest absolute Gasteiger partial charge is 0.305 e. The Morgan fingerprint density at radius 3 is 1.95 bits per heavy atom. The van der Waals surface area contributed by atoms with Gasteiger partial charge in [-0.25, -0.2) is 0 Å². The van der Waals surface area contributed by atoms with Gasteiger partial charge in [0.1, 0.15) is 0 Å². The van der Waals surface area contributed by atoms with Crippen molar-refractivity contribution in [1.29, 1.82) is 0 Å². The van der Waals surface area contributed by atoms with Crippen LogP contribution in [0.4, 0.5) is 0 Å². The maximum atomic E-state index is 11.3. The summed E-state index contributed by atoms with van der Waals surface area (Å²) in [6.45, 7) is 4.85. The molecule has 0 saturated carbocycles. The van der Waals surface area contributed by atoms with E-state index in [4.69, 9.17) is 4.74 Å². The Labute approximate surface area is 132 Å². The van der Waals surface area contributed by atoms with Crippen molar-refractivity contribution in [3.05, 3.63) is 12.2 Å². The number of hydrogen-bond acceptors (Lipinski definition) is 2. The van der Waals surface area contributed by atoms with Crippen molar-refractivity contribution in [3.8, 4) is 0 Å². The molecule has 124 valence electrons. The van der Waals surface area contributed by atoms with Gasteiger partial charge in [0, 0.05) is 6.42 Å². The monoisotopic (exact) mass is 296 g/mol. The molecule has 0 amide bonds. The lowest BCUT2D eigenvalue weighted by Gasteiger charge is -2.02. The predicted molar refractivity (Wildman–Crippen MR) is 91.5 cm³/mol. The van der Waals surface area contributed by atoms with Crippen molar-refractivity contribution < 1.29 is 9.53 Å². The van der Waals surface area contributed by atoms with E-state index in [-0.39, 0.29) is 5.97 Å². The topological polar surface area (TPSA) is 26.3 Å². The van der Waals surface area contributed by atoms with E-state index >= 15 is 0 Å². The van der Waals surface area contributed by atoms with Crippen LogP contribution in [0.15, 0.2) is 12.2 Å². The molecule has 0 aliphatic heterocycles. The maximum absolute atomic E-state index is 11.3. The second-order valence-corrected chi connectivity index (χ2v) is 5.85. The Hall–Kier alpha value is -0.790. The molecule has 0 aromatic rings. The van der Waals surface area contributed by atoms with E-state index in [1.165, 1.54) is 57.8 Å². The van der Waals surface area contributed by atoms with Gasteiger partial charge in [0.2, 0.25) is 0 Å². The van der Waals surface area contributed by atoms with Gasteiger partial charge < -0.3 is 4.74 Å². The fraction of sp³-hybridized carbons (Fsp3) is 0.842. The molecule has 0 N–H and O–H groups in total. The largest absolute Gasteiger partial charge is 0.466 e. The average Bonchev–Trinajstić information content (AvgIpc) is 2.49. The van der Waals surface area contributed by atoms with E-state index in [9.17, 15) is 4.79 Å². The molecule has 2 heteroatoms. The summed E-state index contributed by atoms with van der Waals surface area (Å²) in [6.07, 6.45) is 20.0. The number of hydrogen-bond donors (Lipinski definition) is 0. The molecule has 0 spiro atoms. The average molecular weight is 296 g/mol. The molecule has 0 aliphatic carbocycles. The van der Waals surface area contributed by atoms with Gasteiger partial charge in [0.15, 0.2) is 0 Å². The molecule has 0 bridgehead atoms. The van der Waals surface area contributed by atoms with Crippen LogP contribution in [0.5, 0.6) is 0 Å². The third kappa shape index (κ3) is 17.2. The predicted octanol–water partition coefficient (Wildman–Crippen LogP) is 6.20. The van der Waals surface area contributed by atoms with Crippen molar-refractivity contribution in [2.45, 2.75) is 97.3 Å². The number of ether oxygens (including phenoxy) is 1. The first-order valence-electron chi connectivity index (χ1n) is 9.11. The minimum Gasteiger partial charge on any atom is -0.466 e. The maximum Gasteiger partial charge on any atom is 0.305 e. The number of esters is 1. The van der Waals surface area contributed by atoms with Crippen LogP contribution in [0.25, 0.3) is 0 Å². The normalized spacial score (nSPS) is 11.1. The van der Waals surface area contributed by atoms with Crippen LogP contribution in [0.1, 0.15) is 97.3 Å². The third-order valence-corrected chi connectivity index (χ3v) is 3.61. The fourth-order valence-corrected chi connectivity index (χ4v) is 2.27. The highest BCUT2D eigenvalue weighted by molar-refractivity contribution is 5.69. The van der Waals surface area contributed by atoms with Crippen molar-refractivity contribution in [3.63, 3.8) is 0 Å². The first-order chi connectivity index (χ1) is 10.3. The summed E-state index contributed by atoms with van der Waals surface area (Å²) in [4.78, 5) is 11.3. The molecule has 0 aromatic heterocycles. The van der Waals surface area contributed by atoms with Gasteiger partial charge in [-0.1, -0.05) is 64.5 Å². The molecule has 0 atom stereocenters. The highest BCUT2D eigenvalue weighted by atomic mass is 16.5. The zero-order valence-corrected chi connectivity index (χ0v) is 14.4. The SMILES string of the molecule is CCCCCC/C=C/CCCCCCCC(=O)OCCC. The Morgan fingerprint density at radius 1 is 0.762 bits per heavy atom. The molecule has 0 aromatic carbocycles. The van der Waals surface area contributed by atoms with Gasteiger partial charge in [-0.3, -0.25) is 4.79 Å². The summed E-state index contributed by atoms with van der Waals surface area (Å²) in [5.74, 6) is -0.0251. The summed E-state index contributed by atoms with van der Waals surface area (Å²) in [7, 11) is 0. The lowest BCUT2D eigenvalue weighted by Crippen LogP contribution is -2.04. The Kier molecular flexibility index (Phi) is 16.6. The third-order valence-electron chi connectivity index (χ3n) is 3.61. The molecule has 2 nitrogen and oxygen atoms in total. The first-order valence-corrected chi connectivity index (χ1v) is 9.11. The fourth-order valence-electron chi connectivity index (χ4n) is 2.27. The van der Waals surface area contributed by atoms with Crippen molar-refractivity contribution in [2.75, 3.05) is 6.61 Å². The highest BCUT2D eigenvalue weighted by Crippen LogP contribution is 2.09. The van der Waals surface area contributed by atoms with Gasteiger partial charge in [-0.2, -0.15) is 0 Å². The Bertz CT molecular complexity index is 246. The van der Waals surface area contributed by atoms with Crippen molar-refractivity contribution in [2.24, 2.45) is 0 Å².